The number of amides is 3. The van der Waals surface area contributed by atoms with Gasteiger partial charge >= 0.3 is 6.03 Å². The second-order valence-corrected chi connectivity index (χ2v) is 7.00. The maximum atomic E-state index is 12.4. The van der Waals surface area contributed by atoms with Gasteiger partial charge in [-0.25, -0.2) is 4.79 Å². The molecule has 2 N–H and O–H groups in total. The van der Waals surface area contributed by atoms with Crippen LogP contribution in [0.4, 0.5) is 4.79 Å². The van der Waals surface area contributed by atoms with Crippen molar-refractivity contribution >= 4 is 11.9 Å². The summed E-state index contributed by atoms with van der Waals surface area (Å²) in [5.41, 5.74) is 2.32. The van der Waals surface area contributed by atoms with Crippen molar-refractivity contribution in [2.24, 2.45) is 11.8 Å². The SMILES string of the molecule is Cc1ccc(CNC(=O)N2CCCC(CNC(=O)C(C)C)C2)cc1. The normalized spacial score (nSPS) is 17.7. The van der Waals surface area contributed by atoms with Gasteiger partial charge < -0.3 is 15.5 Å². The van der Waals surface area contributed by atoms with Crippen molar-refractivity contribution in [3.05, 3.63) is 35.4 Å². The lowest BCUT2D eigenvalue weighted by Crippen LogP contribution is -2.47. The van der Waals surface area contributed by atoms with Crippen molar-refractivity contribution in [3.8, 4) is 0 Å². The molecule has 0 aromatic heterocycles. The topological polar surface area (TPSA) is 61.4 Å². The summed E-state index contributed by atoms with van der Waals surface area (Å²) in [6.07, 6.45) is 2.04. The number of rotatable bonds is 5. The molecule has 3 amide bonds. The molecule has 0 saturated carbocycles. The smallest absolute Gasteiger partial charge is 0.317 e. The number of urea groups is 1. The third-order valence-corrected chi connectivity index (χ3v) is 4.46. The molecule has 1 saturated heterocycles. The molecule has 1 aromatic carbocycles. The third kappa shape index (κ3) is 5.55. The molecule has 0 spiro atoms. The Morgan fingerprint density at radius 1 is 1.21 bits per heavy atom. The van der Waals surface area contributed by atoms with Crippen molar-refractivity contribution in [3.63, 3.8) is 0 Å². The van der Waals surface area contributed by atoms with Crippen molar-refractivity contribution in [2.75, 3.05) is 19.6 Å². The summed E-state index contributed by atoms with van der Waals surface area (Å²) in [7, 11) is 0. The van der Waals surface area contributed by atoms with Gasteiger partial charge in [-0.05, 0) is 31.2 Å². The average Bonchev–Trinajstić information content (AvgIpc) is 2.59. The molecule has 1 aliphatic heterocycles. The van der Waals surface area contributed by atoms with Crippen LogP contribution in [0.15, 0.2) is 24.3 Å². The van der Waals surface area contributed by atoms with Crippen molar-refractivity contribution in [1.29, 1.82) is 0 Å². The summed E-state index contributed by atoms with van der Waals surface area (Å²) >= 11 is 0. The molecular weight excluding hydrogens is 302 g/mol. The fraction of sp³-hybridized carbons (Fsp3) is 0.579. The molecule has 1 aliphatic rings. The molecule has 5 heteroatoms. The van der Waals surface area contributed by atoms with E-state index in [0.29, 0.717) is 25.6 Å². The first kappa shape index (κ1) is 18.3. The van der Waals surface area contributed by atoms with Gasteiger partial charge in [-0.2, -0.15) is 0 Å². The van der Waals surface area contributed by atoms with Crippen molar-refractivity contribution < 1.29 is 9.59 Å². The van der Waals surface area contributed by atoms with Gasteiger partial charge in [-0.1, -0.05) is 43.7 Å². The van der Waals surface area contributed by atoms with E-state index >= 15 is 0 Å². The van der Waals surface area contributed by atoms with Gasteiger partial charge in [0.2, 0.25) is 5.91 Å². The largest absolute Gasteiger partial charge is 0.356 e. The van der Waals surface area contributed by atoms with E-state index in [-0.39, 0.29) is 17.9 Å². The first-order chi connectivity index (χ1) is 11.5. The monoisotopic (exact) mass is 331 g/mol. The Morgan fingerprint density at radius 2 is 1.92 bits per heavy atom. The highest BCUT2D eigenvalue weighted by Gasteiger charge is 2.24. The van der Waals surface area contributed by atoms with Gasteiger partial charge in [-0.15, -0.1) is 0 Å². The number of nitrogens with zero attached hydrogens (tertiary/aromatic N) is 1. The molecule has 0 radical (unpaired) electrons. The Morgan fingerprint density at radius 3 is 2.58 bits per heavy atom. The van der Waals surface area contributed by atoms with Crippen molar-refractivity contribution in [1.82, 2.24) is 15.5 Å². The minimum Gasteiger partial charge on any atom is -0.356 e. The lowest BCUT2D eigenvalue weighted by molar-refractivity contribution is -0.124. The summed E-state index contributed by atoms with van der Waals surface area (Å²) in [6.45, 7) is 8.52. The van der Waals surface area contributed by atoms with Gasteiger partial charge in [0.25, 0.3) is 0 Å². The number of carbonyl (C=O) groups excluding carboxylic acids is 2. The highest BCUT2D eigenvalue weighted by atomic mass is 16.2. The van der Waals surface area contributed by atoms with Gasteiger partial charge in [-0.3, -0.25) is 4.79 Å². The number of likely N-dealkylation sites (tertiary alicyclic amines) is 1. The Bertz CT molecular complexity index is 554. The number of benzene rings is 1. The average molecular weight is 331 g/mol. The van der Waals surface area contributed by atoms with E-state index in [4.69, 9.17) is 0 Å². The molecule has 5 nitrogen and oxygen atoms in total. The zero-order valence-electron chi connectivity index (χ0n) is 15.0. The summed E-state index contributed by atoms with van der Waals surface area (Å²) in [4.78, 5) is 25.9. The van der Waals surface area contributed by atoms with Crippen molar-refractivity contribution in [2.45, 2.75) is 40.2 Å². The molecular formula is C19H29N3O2. The number of hydrogen-bond donors (Lipinski definition) is 2. The zero-order chi connectivity index (χ0) is 17.5. The van der Waals surface area contributed by atoms with E-state index in [0.717, 1.165) is 24.9 Å². The van der Waals surface area contributed by atoms with Crippen LogP contribution in [0.5, 0.6) is 0 Å². The number of aryl methyl sites for hydroxylation is 1. The number of piperidine rings is 1. The predicted molar refractivity (Wildman–Crippen MR) is 95.6 cm³/mol. The van der Waals surface area contributed by atoms with Crippen LogP contribution in [0.1, 0.15) is 37.8 Å². The lowest BCUT2D eigenvalue weighted by atomic mass is 9.98. The minimum atomic E-state index is -0.0181. The van der Waals surface area contributed by atoms with Crippen LogP contribution in [0.2, 0.25) is 0 Å². The Kier molecular flexibility index (Phi) is 6.64. The molecule has 1 aromatic rings. The van der Waals surface area contributed by atoms with E-state index in [1.165, 1.54) is 5.56 Å². The Hall–Kier alpha value is -2.04. The maximum absolute atomic E-state index is 12.4. The van der Waals surface area contributed by atoms with E-state index in [1.54, 1.807) is 0 Å². The second kappa shape index (κ2) is 8.71. The fourth-order valence-electron chi connectivity index (χ4n) is 2.86. The van der Waals surface area contributed by atoms with Crippen LogP contribution < -0.4 is 10.6 Å². The predicted octanol–water partition coefficient (Wildman–Crippen LogP) is 2.69. The molecule has 1 heterocycles. The van der Waals surface area contributed by atoms with Gasteiger partial charge in [0.1, 0.15) is 0 Å². The van der Waals surface area contributed by atoms with E-state index in [9.17, 15) is 9.59 Å². The number of nitrogens with one attached hydrogen (secondary N) is 2. The van der Waals surface area contributed by atoms with E-state index < -0.39 is 0 Å². The van der Waals surface area contributed by atoms with Crippen LogP contribution >= 0.6 is 0 Å². The third-order valence-electron chi connectivity index (χ3n) is 4.46. The van der Waals surface area contributed by atoms with E-state index in [1.807, 2.05) is 37.8 Å². The quantitative estimate of drug-likeness (QED) is 0.871. The first-order valence-corrected chi connectivity index (χ1v) is 8.81. The van der Waals surface area contributed by atoms with Gasteiger partial charge in [0.05, 0.1) is 0 Å². The molecule has 1 fully saturated rings. The zero-order valence-corrected chi connectivity index (χ0v) is 15.0. The fourth-order valence-corrected chi connectivity index (χ4v) is 2.86. The maximum Gasteiger partial charge on any atom is 0.317 e. The van der Waals surface area contributed by atoms with Crippen LogP contribution in [0, 0.1) is 18.8 Å². The first-order valence-electron chi connectivity index (χ1n) is 8.81. The highest BCUT2D eigenvalue weighted by Crippen LogP contribution is 2.16. The number of carbonyl (C=O) groups is 2. The van der Waals surface area contributed by atoms with Gasteiger partial charge in [0.15, 0.2) is 0 Å². The minimum absolute atomic E-state index is 0.00232. The molecule has 1 unspecified atom stereocenters. The number of hydrogen-bond acceptors (Lipinski definition) is 2. The van der Waals surface area contributed by atoms with Crippen LogP contribution in [-0.2, 0) is 11.3 Å². The summed E-state index contributed by atoms with van der Waals surface area (Å²) in [5, 5.41) is 5.97. The molecule has 0 aliphatic carbocycles. The molecule has 132 valence electrons. The summed E-state index contributed by atoms with van der Waals surface area (Å²) in [6, 6.07) is 8.16. The Labute approximate surface area is 144 Å². The second-order valence-electron chi connectivity index (χ2n) is 7.00. The van der Waals surface area contributed by atoms with Crippen LogP contribution in [0.3, 0.4) is 0 Å². The highest BCUT2D eigenvalue weighted by molar-refractivity contribution is 5.77. The lowest BCUT2D eigenvalue weighted by Gasteiger charge is -2.33. The molecule has 2 rings (SSSR count). The molecule has 24 heavy (non-hydrogen) atoms. The van der Waals surface area contributed by atoms with E-state index in [2.05, 4.69) is 22.8 Å². The van der Waals surface area contributed by atoms with Gasteiger partial charge in [0, 0.05) is 32.1 Å². The summed E-state index contributed by atoms with van der Waals surface area (Å²) < 4.78 is 0. The van der Waals surface area contributed by atoms with Crippen LogP contribution in [-0.4, -0.2) is 36.5 Å². The molecule has 1 atom stereocenters. The standard InChI is InChI=1S/C19H29N3O2/c1-14(2)18(23)20-12-17-5-4-10-22(13-17)19(24)21-11-16-8-6-15(3)7-9-16/h6-9,14,17H,4-5,10-13H2,1-3H3,(H,20,23)(H,21,24). The summed E-state index contributed by atoms with van der Waals surface area (Å²) in [5.74, 6) is 0.421. The van der Waals surface area contributed by atoms with Crippen LogP contribution in [0.25, 0.3) is 0 Å². The molecule has 0 bridgehead atoms. The Balaban J connectivity index is 1.77.